The van der Waals surface area contributed by atoms with E-state index in [1.165, 1.54) is 5.39 Å². The van der Waals surface area contributed by atoms with Gasteiger partial charge < -0.3 is 0 Å². The maximum absolute atomic E-state index is 6.03. The fourth-order valence-electron chi connectivity index (χ4n) is 1.73. The van der Waals surface area contributed by atoms with Crippen molar-refractivity contribution >= 4 is 22.5 Å². The third-order valence-electron chi connectivity index (χ3n) is 2.39. The zero-order valence-electron chi connectivity index (χ0n) is 7.93. The molecule has 0 atom stereocenters. The van der Waals surface area contributed by atoms with E-state index >= 15 is 0 Å². The quantitative estimate of drug-likeness (QED) is 0.631. The van der Waals surface area contributed by atoms with Crippen LogP contribution < -0.4 is 0 Å². The van der Waals surface area contributed by atoms with Crippen molar-refractivity contribution in [2.24, 2.45) is 7.05 Å². The second-order valence-corrected chi connectivity index (χ2v) is 3.68. The third kappa shape index (κ3) is 1.13. The number of aromatic nitrogens is 2. The second-order valence-electron chi connectivity index (χ2n) is 3.28. The van der Waals surface area contributed by atoms with Crippen molar-refractivity contribution in [3.05, 3.63) is 28.4 Å². The Balaban J connectivity index is 2.98. The molecule has 1 aromatic heterocycles. The number of fused-ring (bicyclic) bond motifs is 1. The first kappa shape index (κ1) is 8.57. The Kier molecular flexibility index (Phi) is 1.81. The highest BCUT2D eigenvalue weighted by molar-refractivity contribution is 6.32. The van der Waals surface area contributed by atoms with Gasteiger partial charge in [0.15, 0.2) is 0 Å². The first-order valence-corrected chi connectivity index (χ1v) is 4.57. The van der Waals surface area contributed by atoms with Gasteiger partial charge in [0.05, 0.1) is 11.2 Å². The Morgan fingerprint density at radius 1 is 1.31 bits per heavy atom. The summed E-state index contributed by atoms with van der Waals surface area (Å²) >= 11 is 6.03. The van der Waals surface area contributed by atoms with Gasteiger partial charge in [-0.05, 0) is 31.5 Å². The molecule has 68 valence electrons. The van der Waals surface area contributed by atoms with Crippen LogP contribution in [0.1, 0.15) is 11.3 Å². The lowest BCUT2D eigenvalue weighted by atomic mass is 10.1. The first-order chi connectivity index (χ1) is 6.11. The van der Waals surface area contributed by atoms with Crippen molar-refractivity contribution in [1.29, 1.82) is 0 Å². The number of benzene rings is 1. The van der Waals surface area contributed by atoms with Crippen LogP contribution in [0.4, 0.5) is 0 Å². The second kappa shape index (κ2) is 2.74. The number of nitrogens with zero attached hydrogens (tertiary/aromatic N) is 2. The minimum Gasteiger partial charge on any atom is -0.268 e. The molecule has 0 radical (unpaired) electrons. The Labute approximate surface area is 82.1 Å². The average molecular weight is 195 g/mol. The van der Waals surface area contributed by atoms with Crippen molar-refractivity contribution < 1.29 is 0 Å². The van der Waals surface area contributed by atoms with Gasteiger partial charge in [-0.2, -0.15) is 5.10 Å². The lowest BCUT2D eigenvalue weighted by Gasteiger charge is -2.00. The molecule has 0 bridgehead atoms. The van der Waals surface area contributed by atoms with Crippen LogP contribution in [-0.2, 0) is 7.05 Å². The molecular weight excluding hydrogens is 184 g/mol. The molecule has 0 N–H and O–H groups in total. The molecule has 0 aliphatic carbocycles. The van der Waals surface area contributed by atoms with E-state index in [0.29, 0.717) is 0 Å². The monoisotopic (exact) mass is 194 g/mol. The molecular formula is C10H11ClN2. The number of aryl methyl sites for hydroxylation is 3. The third-order valence-corrected chi connectivity index (χ3v) is 2.80. The molecule has 13 heavy (non-hydrogen) atoms. The van der Waals surface area contributed by atoms with Crippen molar-refractivity contribution in [3.8, 4) is 0 Å². The molecule has 0 aliphatic heterocycles. The highest BCUT2D eigenvalue weighted by Crippen LogP contribution is 2.27. The van der Waals surface area contributed by atoms with E-state index in [4.69, 9.17) is 11.6 Å². The van der Waals surface area contributed by atoms with E-state index in [0.717, 1.165) is 21.8 Å². The van der Waals surface area contributed by atoms with Crippen molar-refractivity contribution in [3.63, 3.8) is 0 Å². The van der Waals surface area contributed by atoms with Crippen molar-refractivity contribution in [2.75, 3.05) is 0 Å². The minimum atomic E-state index is 0.809. The van der Waals surface area contributed by atoms with E-state index in [2.05, 4.69) is 5.10 Å². The van der Waals surface area contributed by atoms with Crippen LogP contribution in [-0.4, -0.2) is 9.78 Å². The van der Waals surface area contributed by atoms with Crippen LogP contribution in [0, 0.1) is 13.8 Å². The van der Waals surface area contributed by atoms with E-state index in [-0.39, 0.29) is 0 Å². The number of hydrogen-bond donors (Lipinski definition) is 0. The van der Waals surface area contributed by atoms with Gasteiger partial charge in [0.2, 0.25) is 0 Å². The molecule has 0 spiro atoms. The van der Waals surface area contributed by atoms with E-state index in [9.17, 15) is 0 Å². The molecule has 0 fully saturated rings. The molecule has 0 unspecified atom stereocenters. The van der Waals surface area contributed by atoms with Gasteiger partial charge in [0, 0.05) is 17.5 Å². The average Bonchev–Trinajstić information content (AvgIpc) is 2.35. The SMILES string of the molecule is Cc1nn(C)c2ccc(Cl)c(C)c12. The fraction of sp³-hybridized carbons (Fsp3) is 0.300. The molecule has 0 saturated carbocycles. The van der Waals surface area contributed by atoms with Crippen LogP contribution in [0.15, 0.2) is 12.1 Å². The normalized spacial score (nSPS) is 11.1. The lowest BCUT2D eigenvalue weighted by molar-refractivity contribution is 0.783. The molecule has 1 heterocycles. The molecule has 2 aromatic rings. The smallest absolute Gasteiger partial charge is 0.0685 e. The van der Waals surface area contributed by atoms with E-state index in [1.54, 1.807) is 0 Å². The lowest BCUT2D eigenvalue weighted by Crippen LogP contribution is -1.89. The standard InChI is InChI=1S/C10H11ClN2/c1-6-8(11)4-5-9-10(6)7(2)12-13(9)3/h4-5H,1-3H3. The molecule has 0 aliphatic rings. The summed E-state index contributed by atoms with van der Waals surface area (Å²) in [6.45, 7) is 4.03. The van der Waals surface area contributed by atoms with Crippen LogP contribution in [0.2, 0.25) is 5.02 Å². The maximum Gasteiger partial charge on any atom is 0.0685 e. The molecule has 2 rings (SSSR count). The Morgan fingerprint density at radius 3 is 2.69 bits per heavy atom. The Bertz CT molecular complexity index is 471. The van der Waals surface area contributed by atoms with E-state index < -0.39 is 0 Å². The summed E-state index contributed by atoms with van der Waals surface area (Å²) in [7, 11) is 1.95. The molecule has 0 amide bonds. The van der Waals surface area contributed by atoms with Gasteiger partial charge >= 0.3 is 0 Å². The molecule has 2 nitrogen and oxygen atoms in total. The Morgan fingerprint density at radius 2 is 2.00 bits per heavy atom. The van der Waals surface area contributed by atoms with Crippen molar-refractivity contribution in [2.45, 2.75) is 13.8 Å². The number of rotatable bonds is 0. The zero-order chi connectivity index (χ0) is 9.59. The van der Waals surface area contributed by atoms with Crippen molar-refractivity contribution in [1.82, 2.24) is 9.78 Å². The zero-order valence-corrected chi connectivity index (χ0v) is 8.68. The van der Waals surface area contributed by atoms with Gasteiger partial charge in [-0.1, -0.05) is 11.6 Å². The molecule has 1 aromatic carbocycles. The van der Waals surface area contributed by atoms with Crippen LogP contribution in [0.5, 0.6) is 0 Å². The van der Waals surface area contributed by atoms with Crippen LogP contribution in [0.25, 0.3) is 10.9 Å². The first-order valence-electron chi connectivity index (χ1n) is 4.19. The molecule has 3 heteroatoms. The molecule has 0 saturated heterocycles. The van der Waals surface area contributed by atoms with Crippen LogP contribution in [0.3, 0.4) is 0 Å². The minimum absolute atomic E-state index is 0.809. The number of halogens is 1. The van der Waals surface area contributed by atoms with Gasteiger partial charge in [-0.25, -0.2) is 0 Å². The summed E-state index contributed by atoms with van der Waals surface area (Å²) in [5, 5.41) is 6.33. The fourth-order valence-corrected chi connectivity index (χ4v) is 1.88. The topological polar surface area (TPSA) is 17.8 Å². The highest BCUT2D eigenvalue weighted by Gasteiger charge is 2.08. The number of hydrogen-bond acceptors (Lipinski definition) is 1. The predicted octanol–water partition coefficient (Wildman–Crippen LogP) is 2.84. The van der Waals surface area contributed by atoms with E-state index in [1.807, 2.05) is 37.7 Å². The summed E-state index contributed by atoms with van der Waals surface area (Å²) in [6, 6.07) is 3.92. The highest BCUT2D eigenvalue weighted by atomic mass is 35.5. The van der Waals surface area contributed by atoms with Gasteiger partial charge in [0.25, 0.3) is 0 Å². The Hall–Kier alpha value is -1.02. The van der Waals surface area contributed by atoms with Gasteiger partial charge in [-0.3, -0.25) is 4.68 Å². The summed E-state index contributed by atoms with van der Waals surface area (Å²) in [5.41, 5.74) is 3.29. The maximum atomic E-state index is 6.03. The summed E-state index contributed by atoms with van der Waals surface area (Å²) in [5.74, 6) is 0. The summed E-state index contributed by atoms with van der Waals surface area (Å²) in [6.07, 6.45) is 0. The summed E-state index contributed by atoms with van der Waals surface area (Å²) in [4.78, 5) is 0. The summed E-state index contributed by atoms with van der Waals surface area (Å²) < 4.78 is 1.88. The van der Waals surface area contributed by atoms with Gasteiger partial charge in [-0.15, -0.1) is 0 Å². The van der Waals surface area contributed by atoms with Crippen LogP contribution >= 0.6 is 11.6 Å². The largest absolute Gasteiger partial charge is 0.268 e. The predicted molar refractivity (Wildman–Crippen MR) is 55.2 cm³/mol. The van der Waals surface area contributed by atoms with Gasteiger partial charge in [0.1, 0.15) is 0 Å².